The van der Waals surface area contributed by atoms with E-state index in [1.807, 2.05) is 13.8 Å². The van der Waals surface area contributed by atoms with Crippen LogP contribution in [0.3, 0.4) is 0 Å². The second kappa shape index (κ2) is 32.1. The Morgan fingerprint density at radius 1 is 0.800 bits per heavy atom. The Hall–Kier alpha value is 1.11. The van der Waals surface area contributed by atoms with Crippen molar-refractivity contribution in [1.29, 1.82) is 0 Å². The molecule has 0 atom stereocenters. The van der Waals surface area contributed by atoms with Gasteiger partial charge in [-0.25, -0.2) is 0 Å². The number of hydrogen-bond donors (Lipinski definition) is 0. The number of nitrogens with one attached hydrogen (secondary N) is 2. The first-order valence-corrected chi connectivity index (χ1v) is 3.12. The average molecular weight is 130 g/mol. The molecule has 0 fully saturated rings. The second-order valence-electron chi connectivity index (χ2n) is 1.50. The molecule has 0 rings (SSSR count). The topological polar surface area (TPSA) is 47.6 Å². The molecule has 2 nitrogen and oxygen atoms in total. The second-order valence-corrected chi connectivity index (χ2v) is 1.50. The van der Waals surface area contributed by atoms with Crippen molar-refractivity contribution in [2.45, 2.75) is 26.7 Å². The van der Waals surface area contributed by atoms with Crippen molar-refractivity contribution in [2.24, 2.45) is 0 Å². The van der Waals surface area contributed by atoms with Gasteiger partial charge in [0.25, 0.3) is 0 Å². The van der Waals surface area contributed by atoms with Crippen molar-refractivity contribution in [3.8, 4) is 0 Å². The minimum absolute atomic E-state index is 0. The monoisotopic (exact) mass is 130 g/mol. The Morgan fingerprint density at radius 3 is 0.900 bits per heavy atom. The SMILES string of the molecule is CCC[NH-].CCC[NH-].[Li+].[Li+]. The zero-order valence-electron chi connectivity index (χ0n) is 7.83. The third-order valence-corrected chi connectivity index (χ3v) is 0.500. The van der Waals surface area contributed by atoms with Crippen LogP contribution in [0.2, 0.25) is 0 Å². The molecule has 0 aliphatic heterocycles. The van der Waals surface area contributed by atoms with Gasteiger partial charge in [0, 0.05) is 0 Å². The van der Waals surface area contributed by atoms with E-state index in [-0.39, 0.29) is 37.7 Å². The average Bonchev–Trinajstić information content (AvgIpc) is 1.88. The smallest absolute Gasteiger partial charge is 0.677 e. The van der Waals surface area contributed by atoms with Gasteiger partial charge in [0.05, 0.1) is 0 Å². The summed E-state index contributed by atoms with van der Waals surface area (Å²) in [5.74, 6) is 0. The summed E-state index contributed by atoms with van der Waals surface area (Å²) in [5, 5.41) is 0. The Bertz CT molecular complexity index is 21.7. The van der Waals surface area contributed by atoms with Crippen molar-refractivity contribution in [1.82, 2.24) is 0 Å². The molecule has 0 saturated heterocycles. The summed E-state index contributed by atoms with van der Waals surface area (Å²) in [6.07, 6.45) is 1.97. The summed E-state index contributed by atoms with van der Waals surface area (Å²) in [6.45, 7) is 5.12. The minimum Gasteiger partial charge on any atom is -0.677 e. The van der Waals surface area contributed by atoms with Gasteiger partial charge in [0.1, 0.15) is 0 Å². The molecule has 0 heterocycles. The predicted molar refractivity (Wildman–Crippen MR) is 39.0 cm³/mol. The summed E-state index contributed by atoms with van der Waals surface area (Å²) < 4.78 is 0. The molecule has 4 heteroatoms. The maximum absolute atomic E-state index is 6.45. The molecule has 0 spiro atoms. The van der Waals surface area contributed by atoms with Crippen molar-refractivity contribution < 1.29 is 37.7 Å². The van der Waals surface area contributed by atoms with Crippen LogP contribution in [0.5, 0.6) is 0 Å². The van der Waals surface area contributed by atoms with Crippen LogP contribution < -0.4 is 37.7 Å². The van der Waals surface area contributed by atoms with E-state index in [4.69, 9.17) is 11.5 Å². The fourth-order valence-electron chi connectivity index (χ4n) is 0. The van der Waals surface area contributed by atoms with E-state index in [1.165, 1.54) is 0 Å². The molecule has 0 aromatic heterocycles. The molecular weight excluding hydrogens is 114 g/mol. The van der Waals surface area contributed by atoms with Crippen LogP contribution in [0.25, 0.3) is 11.5 Å². The largest absolute Gasteiger partial charge is 1.00 e. The fourth-order valence-corrected chi connectivity index (χ4v) is 0. The van der Waals surface area contributed by atoms with Gasteiger partial charge in [-0.05, 0) is 0 Å². The Kier molecular flexibility index (Phi) is 72.2. The van der Waals surface area contributed by atoms with Crippen LogP contribution in [0, 0.1) is 0 Å². The molecule has 0 bridgehead atoms. The first kappa shape index (κ1) is 22.5. The third kappa shape index (κ3) is 61.9. The third-order valence-electron chi connectivity index (χ3n) is 0.500. The van der Waals surface area contributed by atoms with Crippen LogP contribution >= 0.6 is 0 Å². The molecule has 0 aliphatic rings. The summed E-state index contributed by atoms with van der Waals surface area (Å²) in [6, 6.07) is 0. The normalized spacial score (nSPS) is 6.00. The first-order valence-electron chi connectivity index (χ1n) is 3.12. The maximum atomic E-state index is 6.45. The summed E-state index contributed by atoms with van der Waals surface area (Å²) in [7, 11) is 0. The molecule has 0 saturated carbocycles. The molecule has 52 valence electrons. The quantitative estimate of drug-likeness (QED) is 0.356. The molecule has 10 heavy (non-hydrogen) atoms. The molecule has 0 aromatic carbocycles. The zero-order valence-corrected chi connectivity index (χ0v) is 7.83. The van der Waals surface area contributed by atoms with E-state index in [9.17, 15) is 0 Å². The van der Waals surface area contributed by atoms with Gasteiger partial charge in [-0.2, -0.15) is 13.1 Å². The maximum Gasteiger partial charge on any atom is 1.00 e. The fraction of sp³-hybridized carbons (Fsp3) is 1.00. The van der Waals surface area contributed by atoms with Gasteiger partial charge in [0.15, 0.2) is 0 Å². The number of hydrogen-bond acceptors (Lipinski definition) is 0. The van der Waals surface area contributed by atoms with Gasteiger partial charge < -0.3 is 11.5 Å². The van der Waals surface area contributed by atoms with Gasteiger partial charge in [-0.15, -0.1) is 0 Å². The van der Waals surface area contributed by atoms with Crippen molar-refractivity contribution in [2.75, 3.05) is 13.1 Å². The van der Waals surface area contributed by atoms with Crippen LogP contribution in [-0.4, -0.2) is 13.1 Å². The Balaban J connectivity index is -0.0000000300. The zero-order chi connectivity index (χ0) is 6.83. The minimum atomic E-state index is 0. The van der Waals surface area contributed by atoms with Crippen molar-refractivity contribution in [3.63, 3.8) is 0 Å². The van der Waals surface area contributed by atoms with Crippen LogP contribution in [0.15, 0.2) is 0 Å². The van der Waals surface area contributed by atoms with E-state index < -0.39 is 0 Å². The van der Waals surface area contributed by atoms with Gasteiger partial charge in [-0.1, -0.05) is 26.7 Å². The molecule has 0 unspecified atom stereocenters. The molecular formula is C6H16Li2N2. The molecule has 2 N–H and O–H groups in total. The van der Waals surface area contributed by atoms with E-state index in [0.717, 1.165) is 12.8 Å². The van der Waals surface area contributed by atoms with Gasteiger partial charge >= 0.3 is 37.7 Å². The van der Waals surface area contributed by atoms with Crippen molar-refractivity contribution in [3.05, 3.63) is 11.5 Å². The molecule has 0 aliphatic carbocycles. The molecule has 0 radical (unpaired) electrons. The Labute approximate surface area is 88.8 Å². The van der Waals surface area contributed by atoms with Gasteiger partial charge in [0.2, 0.25) is 0 Å². The number of rotatable bonds is 2. The molecule has 0 amide bonds. The van der Waals surface area contributed by atoms with Crippen LogP contribution in [-0.2, 0) is 0 Å². The van der Waals surface area contributed by atoms with E-state index in [2.05, 4.69) is 0 Å². The predicted octanol–water partition coefficient (Wildman–Crippen LogP) is -3.09. The first-order chi connectivity index (χ1) is 3.83. The van der Waals surface area contributed by atoms with Crippen LogP contribution in [0.1, 0.15) is 26.7 Å². The van der Waals surface area contributed by atoms with E-state index >= 15 is 0 Å². The summed E-state index contributed by atoms with van der Waals surface area (Å²) >= 11 is 0. The van der Waals surface area contributed by atoms with Crippen molar-refractivity contribution >= 4 is 0 Å². The summed E-state index contributed by atoms with van der Waals surface area (Å²) in [4.78, 5) is 0. The molecule has 0 aromatic rings. The van der Waals surface area contributed by atoms with Gasteiger partial charge in [-0.3, -0.25) is 0 Å². The van der Waals surface area contributed by atoms with E-state index in [0.29, 0.717) is 13.1 Å². The summed E-state index contributed by atoms with van der Waals surface area (Å²) in [5.41, 5.74) is 12.9. The Morgan fingerprint density at radius 2 is 0.900 bits per heavy atom. The van der Waals surface area contributed by atoms with Crippen LogP contribution in [0.4, 0.5) is 0 Å². The standard InChI is InChI=1S/2C3H8N.2Li/c2*1-2-3-4;;/h2*4H,2-3H2,1H3;;/q2*-1;2*+1. The van der Waals surface area contributed by atoms with E-state index in [1.54, 1.807) is 0 Å².